The van der Waals surface area contributed by atoms with Crippen molar-refractivity contribution >= 4 is 17.7 Å². The molecular formula is C16H22N4OS. The van der Waals surface area contributed by atoms with Gasteiger partial charge in [-0.3, -0.25) is 9.36 Å². The number of para-hydroxylation sites is 1. The molecule has 0 radical (unpaired) electrons. The van der Waals surface area contributed by atoms with E-state index in [1.165, 1.54) is 11.8 Å². The van der Waals surface area contributed by atoms with Crippen LogP contribution in [0.5, 0.6) is 0 Å². The Kier molecular flexibility index (Phi) is 5.24. The fourth-order valence-electron chi connectivity index (χ4n) is 1.81. The Morgan fingerprint density at radius 1 is 1.36 bits per heavy atom. The number of carbonyl (C=O) groups is 1. The molecule has 1 unspecified atom stereocenters. The molecule has 1 amide bonds. The summed E-state index contributed by atoms with van der Waals surface area (Å²) in [5.41, 5.74) is 0.787. The van der Waals surface area contributed by atoms with E-state index in [2.05, 4.69) is 22.4 Å². The molecule has 0 aliphatic carbocycles. The van der Waals surface area contributed by atoms with Crippen LogP contribution in [0.15, 0.2) is 41.8 Å². The van der Waals surface area contributed by atoms with E-state index in [-0.39, 0.29) is 16.7 Å². The van der Waals surface area contributed by atoms with Gasteiger partial charge in [-0.15, -0.1) is 10.2 Å². The van der Waals surface area contributed by atoms with Gasteiger partial charge in [-0.2, -0.15) is 0 Å². The summed E-state index contributed by atoms with van der Waals surface area (Å²) in [5.74, 6) is 0.0134. The molecule has 1 aromatic heterocycles. The van der Waals surface area contributed by atoms with Crippen LogP contribution in [0.4, 0.5) is 0 Å². The summed E-state index contributed by atoms with van der Waals surface area (Å²) in [6.45, 7) is 7.99. The second-order valence-corrected chi connectivity index (χ2v) is 7.11. The van der Waals surface area contributed by atoms with Crippen LogP contribution >= 0.6 is 11.8 Å². The molecule has 5 nitrogen and oxygen atoms in total. The molecule has 2 aromatic rings. The van der Waals surface area contributed by atoms with Crippen molar-refractivity contribution in [2.24, 2.45) is 0 Å². The number of nitrogens with zero attached hydrogens (tertiary/aromatic N) is 3. The van der Waals surface area contributed by atoms with Crippen molar-refractivity contribution in [3.05, 3.63) is 36.7 Å². The van der Waals surface area contributed by atoms with Gasteiger partial charge in [0.2, 0.25) is 5.91 Å². The first-order valence-electron chi connectivity index (χ1n) is 7.37. The predicted octanol–water partition coefficient (Wildman–Crippen LogP) is 3.05. The average Bonchev–Trinajstić information content (AvgIpc) is 2.95. The maximum atomic E-state index is 12.3. The molecule has 6 heteroatoms. The number of thioether (sulfide) groups is 1. The highest BCUT2D eigenvalue weighted by Crippen LogP contribution is 2.24. The van der Waals surface area contributed by atoms with Gasteiger partial charge in [0, 0.05) is 11.2 Å². The van der Waals surface area contributed by atoms with Gasteiger partial charge in [0.15, 0.2) is 5.16 Å². The van der Waals surface area contributed by atoms with Crippen molar-refractivity contribution < 1.29 is 4.79 Å². The summed E-state index contributed by atoms with van der Waals surface area (Å²) in [6.07, 6.45) is 2.55. The Morgan fingerprint density at radius 3 is 2.68 bits per heavy atom. The van der Waals surface area contributed by atoms with Crippen molar-refractivity contribution in [2.75, 3.05) is 0 Å². The predicted molar refractivity (Wildman–Crippen MR) is 89.2 cm³/mol. The van der Waals surface area contributed by atoms with Crippen LogP contribution in [-0.4, -0.2) is 31.5 Å². The largest absolute Gasteiger partial charge is 0.350 e. The summed E-state index contributed by atoms with van der Waals surface area (Å²) in [6, 6.07) is 9.85. The van der Waals surface area contributed by atoms with Crippen LogP contribution in [-0.2, 0) is 4.79 Å². The highest BCUT2D eigenvalue weighted by molar-refractivity contribution is 8.00. The highest BCUT2D eigenvalue weighted by atomic mass is 32.2. The summed E-state index contributed by atoms with van der Waals surface area (Å²) < 4.78 is 1.89. The fraction of sp³-hybridized carbons (Fsp3) is 0.438. The normalized spacial score (nSPS) is 12.9. The zero-order valence-electron chi connectivity index (χ0n) is 13.4. The molecule has 0 aliphatic heterocycles. The van der Waals surface area contributed by atoms with Gasteiger partial charge in [0.25, 0.3) is 0 Å². The molecule has 0 spiro atoms. The molecule has 0 saturated carbocycles. The maximum absolute atomic E-state index is 12.3. The highest BCUT2D eigenvalue weighted by Gasteiger charge is 2.24. The summed E-state index contributed by atoms with van der Waals surface area (Å²) >= 11 is 1.41. The smallest absolute Gasteiger partial charge is 0.233 e. The Bertz CT molecular complexity index is 624. The first kappa shape index (κ1) is 16.5. The van der Waals surface area contributed by atoms with Crippen LogP contribution < -0.4 is 5.32 Å². The van der Waals surface area contributed by atoms with Gasteiger partial charge in [-0.1, -0.05) is 36.9 Å². The zero-order chi connectivity index (χ0) is 16.2. The number of hydrogen-bond acceptors (Lipinski definition) is 4. The van der Waals surface area contributed by atoms with E-state index in [1.807, 2.05) is 55.7 Å². The van der Waals surface area contributed by atoms with E-state index < -0.39 is 0 Å². The molecule has 0 aliphatic rings. The minimum atomic E-state index is -0.238. The van der Waals surface area contributed by atoms with Crippen molar-refractivity contribution in [3.8, 4) is 5.69 Å². The van der Waals surface area contributed by atoms with E-state index in [9.17, 15) is 4.79 Å². The van der Waals surface area contributed by atoms with Crippen molar-refractivity contribution in [2.45, 2.75) is 50.1 Å². The lowest BCUT2D eigenvalue weighted by atomic mass is 10.0. The van der Waals surface area contributed by atoms with E-state index in [4.69, 9.17) is 0 Å². The summed E-state index contributed by atoms with van der Waals surface area (Å²) in [4.78, 5) is 12.3. The molecule has 1 N–H and O–H groups in total. The number of rotatable bonds is 6. The molecule has 0 bridgehead atoms. The van der Waals surface area contributed by atoms with Crippen LogP contribution in [0.2, 0.25) is 0 Å². The van der Waals surface area contributed by atoms with Crippen molar-refractivity contribution in [1.82, 2.24) is 20.1 Å². The van der Waals surface area contributed by atoms with Crippen molar-refractivity contribution in [3.63, 3.8) is 0 Å². The second-order valence-electron chi connectivity index (χ2n) is 5.81. The topological polar surface area (TPSA) is 59.8 Å². The third kappa shape index (κ3) is 4.10. The third-order valence-corrected chi connectivity index (χ3v) is 4.60. The van der Waals surface area contributed by atoms with Crippen molar-refractivity contribution in [1.29, 1.82) is 0 Å². The number of carbonyl (C=O) groups excluding carboxylic acids is 1. The summed E-state index contributed by atoms with van der Waals surface area (Å²) in [7, 11) is 0. The monoisotopic (exact) mass is 318 g/mol. The third-order valence-electron chi connectivity index (χ3n) is 3.55. The first-order chi connectivity index (χ1) is 10.4. The molecule has 1 aromatic carbocycles. The summed E-state index contributed by atoms with van der Waals surface area (Å²) in [5, 5.41) is 11.6. The number of nitrogens with one attached hydrogen (secondary N) is 1. The molecule has 1 heterocycles. The van der Waals surface area contributed by atoms with Gasteiger partial charge >= 0.3 is 0 Å². The van der Waals surface area contributed by atoms with Crippen LogP contribution in [0, 0.1) is 0 Å². The molecular weight excluding hydrogens is 296 g/mol. The second kappa shape index (κ2) is 6.96. The van der Waals surface area contributed by atoms with Gasteiger partial charge in [0.05, 0.1) is 5.25 Å². The van der Waals surface area contributed by atoms with Gasteiger partial charge < -0.3 is 5.32 Å². The quantitative estimate of drug-likeness (QED) is 0.832. The lowest BCUT2D eigenvalue weighted by Gasteiger charge is -2.26. The lowest BCUT2D eigenvalue weighted by molar-refractivity contribution is -0.121. The molecule has 1 atom stereocenters. The lowest BCUT2D eigenvalue weighted by Crippen LogP contribution is -2.46. The Balaban J connectivity index is 2.09. The van der Waals surface area contributed by atoms with Gasteiger partial charge in [-0.05, 0) is 39.3 Å². The van der Waals surface area contributed by atoms with E-state index in [0.29, 0.717) is 5.16 Å². The number of benzene rings is 1. The molecule has 22 heavy (non-hydrogen) atoms. The molecule has 2 rings (SSSR count). The fourth-order valence-corrected chi connectivity index (χ4v) is 2.65. The van der Waals surface area contributed by atoms with Gasteiger partial charge in [0.1, 0.15) is 6.33 Å². The standard InChI is InChI=1S/C16H22N4OS/c1-5-16(3,4)18-14(21)12(2)22-15-19-17-11-20(15)13-9-7-6-8-10-13/h6-12H,5H2,1-4H3,(H,18,21). The van der Waals surface area contributed by atoms with Crippen LogP contribution in [0.1, 0.15) is 34.1 Å². The SMILES string of the molecule is CCC(C)(C)NC(=O)C(C)Sc1nncn1-c1ccccc1. The first-order valence-corrected chi connectivity index (χ1v) is 8.25. The average molecular weight is 318 g/mol. The Morgan fingerprint density at radius 2 is 2.05 bits per heavy atom. The van der Waals surface area contributed by atoms with Crippen LogP contribution in [0.25, 0.3) is 5.69 Å². The maximum Gasteiger partial charge on any atom is 0.233 e. The Labute approximate surface area is 135 Å². The number of hydrogen-bond donors (Lipinski definition) is 1. The molecule has 118 valence electrons. The van der Waals surface area contributed by atoms with Gasteiger partial charge in [-0.25, -0.2) is 0 Å². The molecule has 0 saturated heterocycles. The zero-order valence-corrected chi connectivity index (χ0v) is 14.2. The minimum absolute atomic E-state index is 0.0134. The molecule has 0 fully saturated rings. The minimum Gasteiger partial charge on any atom is -0.350 e. The number of amides is 1. The Hall–Kier alpha value is -1.82. The number of aromatic nitrogens is 3. The van der Waals surface area contributed by atoms with Crippen LogP contribution in [0.3, 0.4) is 0 Å². The van der Waals surface area contributed by atoms with E-state index in [1.54, 1.807) is 6.33 Å². The van der Waals surface area contributed by atoms with E-state index >= 15 is 0 Å². The van der Waals surface area contributed by atoms with E-state index in [0.717, 1.165) is 12.1 Å².